The van der Waals surface area contributed by atoms with Gasteiger partial charge in [-0.3, -0.25) is 4.57 Å². The Morgan fingerprint density at radius 1 is 1.04 bits per heavy atom. The molecule has 146 valence electrons. The molecule has 3 aromatic rings. The van der Waals surface area contributed by atoms with E-state index in [4.69, 9.17) is 0 Å². The van der Waals surface area contributed by atoms with Crippen molar-refractivity contribution in [3.63, 3.8) is 0 Å². The summed E-state index contributed by atoms with van der Waals surface area (Å²) in [6.45, 7) is 0. The molecule has 0 N–H and O–H groups in total. The third-order valence-corrected chi connectivity index (χ3v) is 7.41. The van der Waals surface area contributed by atoms with E-state index in [1.165, 1.54) is 36.0 Å². The van der Waals surface area contributed by atoms with Gasteiger partial charge in [-0.15, -0.1) is 10.2 Å². The summed E-state index contributed by atoms with van der Waals surface area (Å²) >= 11 is 1.51. The lowest BCUT2D eigenvalue weighted by molar-refractivity contribution is 0.593. The molecular weight excluding hydrogens is 397 g/mol. The van der Waals surface area contributed by atoms with Crippen molar-refractivity contribution < 1.29 is 12.8 Å². The van der Waals surface area contributed by atoms with Crippen molar-refractivity contribution in [2.24, 2.45) is 0 Å². The SMILES string of the molecule is O=S(=O)(CCCSc1nnc(C2CC2)n1-c1ccccc1)c1ccc(F)cc1. The lowest BCUT2D eigenvalue weighted by Gasteiger charge is -2.09. The predicted molar refractivity (Wildman–Crippen MR) is 107 cm³/mol. The molecule has 0 radical (unpaired) electrons. The van der Waals surface area contributed by atoms with Gasteiger partial charge in [-0.1, -0.05) is 30.0 Å². The number of para-hydroxylation sites is 1. The predicted octanol–water partition coefficient (Wildman–Crippen LogP) is 4.24. The van der Waals surface area contributed by atoms with Crippen LogP contribution in [-0.4, -0.2) is 34.7 Å². The molecule has 1 aliphatic rings. The summed E-state index contributed by atoms with van der Waals surface area (Å²) in [7, 11) is -3.41. The van der Waals surface area contributed by atoms with Crippen molar-refractivity contribution >= 4 is 21.6 Å². The summed E-state index contributed by atoms with van der Waals surface area (Å²) in [5, 5.41) is 9.50. The van der Waals surface area contributed by atoms with E-state index in [1.807, 2.05) is 30.3 Å². The number of benzene rings is 2. The molecule has 0 atom stereocenters. The summed E-state index contributed by atoms with van der Waals surface area (Å²) < 4.78 is 39.8. The van der Waals surface area contributed by atoms with Crippen molar-refractivity contribution in [1.29, 1.82) is 0 Å². The first-order valence-electron chi connectivity index (χ1n) is 9.16. The van der Waals surface area contributed by atoms with Crippen LogP contribution in [0, 0.1) is 5.82 Å². The zero-order valence-electron chi connectivity index (χ0n) is 15.2. The van der Waals surface area contributed by atoms with E-state index in [-0.39, 0.29) is 10.6 Å². The maximum Gasteiger partial charge on any atom is 0.195 e. The Morgan fingerprint density at radius 3 is 2.43 bits per heavy atom. The van der Waals surface area contributed by atoms with Crippen LogP contribution in [0.25, 0.3) is 5.69 Å². The standard InChI is InChI=1S/C20H20FN3O2S2/c21-16-9-11-18(12-10-16)28(25,26)14-4-13-27-20-23-22-19(15-7-8-15)24(20)17-5-2-1-3-6-17/h1-3,5-6,9-12,15H,4,7-8,13-14H2. The average molecular weight is 418 g/mol. The van der Waals surface area contributed by atoms with Gasteiger partial charge >= 0.3 is 0 Å². The van der Waals surface area contributed by atoms with Gasteiger partial charge in [0.25, 0.3) is 0 Å². The topological polar surface area (TPSA) is 64.8 Å². The summed E-state index contributed by atoms with van der Waals surface area (Å²) in [6, 6.07) is 14.9. The van der Waals surface area contributed by atoms with E-state index in [9.17, 15) is 12.8 Å². The summed E-state index contributed by atoms with van der Waals surface area (Å²) in [6.07, 6.45) is 2.74. The minimum Gasteiger partial charge on any atom is -0.274 e. The van der Waals surface area contributed by atoms with Gasteiger partial charge in [-0.2, -0.15) is 0 Å². The molecule has 0 unspecified atom stereocenters. The third-order valence-electron chi connectivity index (χ3n) is 4.58. The van der Waals surface area contributed by atoms with Crippen LogP contribution in [0.5, 0.6) is 0 Å². The van der Waals surface area contributed by atoms with Gasteiger partial charge in [0.05, 0.1) is 10.6 Å². The van der Waals surface area contributed by atoms with Gasteiger partial charge in [0, 0.05) is 17.4 Å². The first-order valence-corrected chi connectivity index (χ1v) is 11.8. The summed E-state index contributed by atoms with van der Waals surface area (Å²) in [4.78, 5) is 0.155. The molecule has 1 aliphatic carbocycles. The van der Waals surface area contributed by atoms with Crippen LogP contribution in [0.3, 0.4) is 0 Å². The number of thioether (sulfide) groups is 1. The van der Waals surface area contributed by atoms with Crippen LogP contribution in [-0.2, 0) is 9.84 Å². The lowest BCUT2D eigenvalue weighted by Crippen LogP contribution is -2.08. The minimum absolute atomic E-state index is 0.0145. The number of hydrogen-bond donors (Lipinski definition) is 0. The number of aromatic nitrogens is 3. The molecule has 4 rings (SSSR count). The third kappa shape index (κ3) is 4.28. The van der Waals surface area contributed by atoms with Crippen LogP contribution in [0.15, 0.2) is 64.6 Å². The van der Waals surface area contributed by atoms with E-state index in [1.54, 1.807) is 0 Å². The van der Waals surface area contributed by atoms with Gasteiger partial charge in [0.2, 0.25) is 0 Å². The second kappa shape index (κ2) is 8.05. The molecule has 0 aliphatic heterocycles. The van der Waals surface area contributed by atoms with Crippen LogP contribution in [0.4, 0.5) is 4.39 Å². The molecule has 1 fully saturated rings. The highest BCUT2D eigenvalue weighted by Crippen LogP contribution is 2.41. The highest BCUT2D eigenvalue weighted by Gasteiger charge is 2.31. The lowest BCUT2D eigenvalue weighted by atomic mass is 10.3. The molecule has 8 heteroatoms. The minimum atomic E-state index is -3.41. The molecule has 1 saturated carbocycles. The van der Waals surface area contributed by atoms with Crippen LogP contribution < -0.4 is 0 Å². The number of nitrogens with zero attached hydrogens (tertiary/aromatic N) is 3. The Bertz CT molecular complexity index is 1050. The molecule has 0 amide bonds. The summed E-state index contributed by atoms with van der Waals surface area (Å²) in [5.41, 5.74) is 1.02. The van der Waals surface area contributed by atoms with Crippen molar-refractivity contribution in [2.45, 2.75) is 35.2 Å². The molecule has 5 nitrogen and oxygen atoms in total. The van der Waals surface area contributed by atoms with Gasteiger partial charge in [-0.05, 0) is 55.7 Å². The van der Waals surface area contributed by atoms with E-state index in [0.29, 0.717) is 18.1 Å². The van der Waals surface area contributed by atoms with E-state index >= 15 is 0 Å². The molecule has 28 heavy (non-hydrogen) atoms. The highest BCUT2D eigenvalue weighted by molar-refractivity contribution is 7.99. The van der Waals surface area contributed by atoms with Gasteiger partial charge in [-0.25, -0.2) is 12.8 Å². The molecule has 0 saturated heterocycles. The average Bonchev–Trinajstić information content (AvgIpc) is 3.46. The molecule has 0 spiro atoms. The quantitative estimate of drug-likeness (QED) is 0.312. The monoisotopic (exact) mass is 417 g/mol. The van der Waals surface area contributed by atoms with Crippen molar-refractivity contribution in [1.82, 2.24) is 14.8 Å². The highest BCUT2D eigenvalue weighted by atomic mass is 32.2. The Morgan fingerprint density at radius 2 is 1.75 bits per heavy atom. The second-order valence-corrected chi connectivity index (χ2v) is 9.93. The molecule has 2 aromatic carbocycles. The number of sulfone groups is 1. The van der Waals surface area contributed by atoms with Crippen molar-refractivity contribution in [3.05, 3.63) is 66.2 Å². The first-order chi connectivity index (χ1) is 13.5. The van der Waals surface area contributed by atoms with Crippen molar-refractivity contribution in [2.75, 3.05) is 11.5 Å². The maximum absolute atomic E-state index is 13.0. The Kier molecular flexibility index (Phi) is 5.50. The Hall–Kier alpha value is -2.19. The Labute approximate surface area is 167 Å². The maximum atomic E-state index is 13.0. The second-order valence-electron chi connectivity index (χ2n) is 6.76. The van der Waals surface area contributed by atoms with E-state index < -0.39 is 15.7 Å². The molecular formula is C20H20FN3O2S2. The fourth-order valence-corrected chi connectivity index (χ4v) is 5.36. The van der Waals surface area contributed by atoms with E-state index in [0.717, 1.165) is 29.5 Å². The zero-order valence-corrected chi connectivity index (χ0v) is 16.8. The van der Waals surface area contributed by atoms with Crippen LogP contribution in [0.1, 0.15) is 31.0 Å². The number of rotatable bonds is 8. The van der Waals surface area contributed by atoms with Gasteiger partial charge < -0.3 is 0 Å². The van der Waals surface area contributed by atoms with Crippen LogP contribution in [0.2, 0.25) is 0 Å². The fourth-order valence-electron chi connectivity index (χ4n) is 2.97. The normalized spacial score (nSPS) is 14.3. The van der Waals surface area contributed by atoms with Gasteiger partial charge in [0.1, 0.15) is 11.6 Å². The zero-order chi connectivity index (χ0) is 19.6. The van der Waals surface area contributed by atoms with Crippen molar-refractivity contribution in [3.8, 4) is 5.69 Å². The van der Waals surface area contributed by atoms with E-state index in [2.05, 4.69) is 14.8 Å². The van der Waals surface area contributed by atoms with Crippen LogP contribution >= 0.6 is 11.8 Å². The summed E-state index contributed by atoms with van der Waals surface area (Å²) in [5.74, 6) is 1.62. The Balaban J connectivity index is 1.42. The fraction of sp³-hybridized carbons (Fsp3) is 0.300. The molecule has 1 heterocycles. The largest absolute Gasteiger partial charge is 0.274 e. The first kappa shape index (κ1) is 19.1. The van der Waals surface area contributed by atoms with Gasteiger partial charge in [0.15, 0.2) is 15.0 Å². The number of hydrogen-bond acceptors (Lipinski definition) is 5. The number of halogens is 1. The smallest absolute Gasteiger partial charge is 0.195 e. The molecule has 0 bridgehead atoms. The molecule has 1 aromatic heterocycles.